The van der Waals surface area contributed by atoms with Gasteiger partial charge in [-0.25, -0.2) is 4.79 Å². The molecule has 5 atom stereocenters. The molecule has 1 saturated carbocycles. The number of nitro groups is 1. The van der Waals surface area contributed by atoms with E-state index in [2.05, 4.69) is 33.4 Å². The molecule has 0 aromatic heterocycles. The molecule has 1 aliphatic heterocycles. The van der Waals surface area contributed by atoms with Crippen LogP contribution in [-0.2, 0) is 4.74 Å². The molecule has 0 radical (unpaired) electrons. The van der Waals surface area contributed by atoms with Crippen LogP contribution < -0.4 is 5.32 Å². The number of carbonyl (C=O) groups excluding carboxylic acids is 1. The topological polar surface area (TPSA) is 81.5 Å². The molecular weight excluding hydrogens is 552 g/mol. The van der Waals surface area contributed by atoms with Crippen molar-refractivity contribution in [3.05, 3.63) is 98.0 Å². The second-order valence-electron chi connectivity index (χ2n) is 8.69. The zero-order chi connectivity index (χ0) is 24.7. The van der Waals surface area contributed by atoms with Crippen molar-refractivity contribution >= 4 is 56.6 Å². The number of rotatable bonds is 5. The van der Waals surface area contributed by atoms with Crippen molar-refractivity contribution in [3.8, 4) is 0 Å². The zero-order valence-corrected chi connectivity index (χ0v) is 21.8. The maximum Gasteiger partial charge on any atom is 0.339 e. The lowest BCUT2D eigenvalue weighted by Gasteiger charge is -2.39. The quantitative estimate of drug-likeness (QED) is 0.151. The lowest BCUT2D eigenvalue weighted by atomic mass is 9.76. The average Bonchev–Trinajstić information content (AvgIpc) is 3.19. The highest BCUT2D eigenvalue weighted by Gasteiger charge is 2.51. The monoisotopic (exact) mass is 572 g/mol. The fraction of sp³-hybridized carbons (Fsp3) is 0.269. The number of hydrogen-bond acceptors (Lipinski definition) is 6. The van der Waals surface area contributed by atoms with Gasteiger partial charge in [-0.3, -0.25) is 10.1 Å². The molecule has 0 amide bonds. The third kappa shape index (κ3) is 4.43. The third-order valence-electron chi connectivity index (χ3n) is 6.82. The predicted octanol–water partition coefficient (Wildman–Crippen LogP) is 7.18. The van der Waals surface area contributed by atoms with Crippen LogP contribution in [0.4, 0.5) is 11.4 Å². The van der Waals surface area contributed by atoms with E-state index in [0.29, 0.717) is 10.5 Å². The third-order valence-corrected chi connectivity index (χ3v) is 9.46. The number of fused-ring (bicyclic) bond motifs is 3. The average molecular weight is 574 g/mol. The standard InChI is InChI=1S/C26H22BrClN2O4S/c1-34-26(31)17-6-4-5-16-22-18(24(29-25(16)17)14-9-11-15(27)12-10-14)13-21(23(22)28)35-20-8-3-2-7-19(20)30(32)33/h2-12,18,21-24,29H,13H2,1H3. The molecule has 2 aliphatic rings. The fourth-order valence-electron chi connectivity index (χ4n) is 5.29. The number of carbonyl (C=O) groups is 1. The van der Waals surface area contributed by atoms with Crippen molar-refractivity contribution in [1.82, 2.24) is 0 Å². The van der Waals surface area contributed by atoms with Crippen molar-refractivity contribution in [2.45, 2.75) is 33.9 Å². The summed E-state index contributed by atoms with van der Waals surface area (Å²) in [4.78, 5) is 24.4. The number of para-hydroxylation sites is 2. The fourth-order valence-corrected chi connectivity index (χ4v) is 7.50. The van der Waals surface area contributed by atoms with Gasteiger partial charge in [0.05, 0.1) is 39.6 Å². The normalized spacial score (nSPS) is 24.7. The van der Waals surface area contributed by atoms with E-state index in [1.165, 1.54) is 24.9 Å². The minimum atomic E-state index is -0.405. The Bertz CT molecular complexity index is 1290. The Balaban J connectivity index is 1.57. The summed E-state index contributed by atoms with van der Waals surface area (Å²) in [7, 11) is 1.37. The van der Waals surface area contributed by atoms with Crippen molar-refractivity contribution in [2.75, 3.05) is 12.4 Å². The number of esters is 1. The predicted molar refractivity (Wildman–Crippen MR) is 142 cm³/mol. The van der Waals surface area contributed by atoms with E-state index in [4.69, 9.17) is 16.3 Å². The van der Waals surface area contributed by atoms with E-state index in [1.807, 2.05) is 30.3 Å². The first kappa shape index (κ1) is 24.2. The number of halogens is 2. The van der Waals surface area contributed by atoms with E-state index in [1.54, 1.807) is 18.2 Å². The summed E-state index contributed by atoms with van der Waals surface area (Å²) in [5.74, 6) is -0.303. The van der Waals surface area contributed by atoms with Crippen LogP contribution in [0.1, 0.15) is 39.9 Å². The molecule has 0 spiro atoms. The number of anilines is 1. The molecule has 0 saturated heterocycles. The summed E-state index contributed by atoms with van der Waals surface area (Å²) in [5.41, 5.74) is 3.39. The van der Waals surface area contributed by atoms with E-state index >= 15 is 0 Å². The van der Waals surface area contributed by atoms with Gasteiger partial charge in [0.2, 0.25) is 0 Å². The maximum atomic E-state index is 12.6. The Hall–Kier alpha value is -2.55. The Labute approximate surface area is 220 Å². The first-order valence-electron chi connectivity index (χ1n) is 11.2. The highest BCUT2D eigenvalue weighted by atomic mass is 79.9. The number of nitrogens with one attached hydrogen (secondary N) is 1. The molecule has 1 N–H and O–H groups in total. The van der Waals surface area contributed by atoms with E-state index < -0.39 is 5.97 Å². The van der Waals surface area contributed by atoms with Gasteiger partial charge in [-0.05, 0) is 47.7 Å². The molecule has 5 unspecified atom stereocenters. The van der Waals surface area contributed by atoms with E-state index in [-0.39, 0.29) is 39.1 Å². The van der Waals surface area contributed by atoms with Crippen molar-refractivity contribution in [3.63, 3.8) is 0 Å². The largest absolute Gasteiger partial charge is 0.465 e. The van der Waals surface area contributed by atoms with Gasteiger partial charge in [-0.1, -0.05) is 52.3 Å². The SMILES string of the molecule is COC(=O)c1cccc2c1NC(c1ccc(Br)cc1)C1CC(Sc3ccccc3[N+](=O)[O-])C(Cl)C21. The number of alkyl halides is 1. The highest BCUT2D eigenvalue weighted by Crippen LogP contribution is 2.58. The van der Waals surface area contributed by atoms with Crippen LogP contribution in [0.3, 0.4) is 0 Å². The van der Waals surface area contributed by atoms with Crippen LogP contribution in [0, 0.1) is 16.0 Å². The summed E-state index contributed by atoms with van der Waals surface area (Å²) >= 11 is 12.1. The van der Waals surface area contributed by atoms with Crippen molar-refractivity contribution in [2.24, 2.45) is 5.92 Å². The minimum absolute atomic E-state index is 0.0357. The molecule has 1 fully saturated rings. The number of benzene rings is 3. The Morgan fingerprint density at radius 2 is 1.89 bits per heavy atom. The van der Waals surface area contributed by atoms with Crippen LogP contribution in [0.25, 0.3) is 0 Å². The smallest absolute Gasteiger partial charge is 0.339 e. The Morgan fingerprint density at radius 1 is 1.14 bits per heavy atom. The van der Waals surface area contributed by atoms with E-state index in [9.17, 15) is 14.9 Å². The molecule has 5 rings (SSSR count). The summed E-state index contributed by atoms with van der Waals surface area (Å²) < 4.78 is 6.03. The molecular formula is C26H22BrClN2O4S. The summed E-state index contributed by atoms with van der Waals surface area (Å²) in [6.07, 6.45) is 0.769. The lowest BCUT2D eigenvalue weighted by Crippen LogP contribution is -2.32. The molecule has 3 aromatic carbocycles. The molecule has 9 heteroatoms. The molecule has 6 nitrogen and oxygen atoms in total. The molecule has 1 heterocycles. The van der Waals surface area contributed by atoms with Gasteiger partial charge >= 0.3 is 5.97 Å². The van der Waals surface area contributed by atoms with Gasteiger partial charge in [0, 0.05) is 21.7 Å². The first-order chi connectivity index (χ1) is 16.9. The number of methoxy groups -OCH3 is 1. The summed E-state index contributed by atoms with van der Waals surface area (Å²) in [6, 6.07) is 20.5. The molecule has 0 bridgehead atoms. The second-order valence-corrected chi connectivity index (χ2v) is 11.4. The minimum Gasteiger partial charge on any atom is -0.465 e. The van der Waals surface area contributed by atoms with Gasteiger partial charge in [-0.15, -0.1) is 23.4 Å². The van der Waals surface area contributed by atoms with Crippen LogP contribution in [-0.4, -0.2) is 28.6 Å². The summed E-state index contributed by atoms with van der Waals surface area (Å²) in [5, 5.41) is 14.9. The number of ether oxygens (including phenoxy) is 1. The molecule has 180 valence electrons. The number of nitrogens with zero attached hydrogens (tertiary/aromatic N) is 1. The second kappa shape index (κ2) is 9.84. The van der Waals surface area contributed by atoms with Crippen molar-refractivity contribution in [1.29, 1.82) is 0 Å². The van der Waals surface area contributed by atoms with Crippen LogP contribution in [0.15, 0.2) is 76.1 Å². The van der Waals surface area contributed by atoms with Crippen LogP contribution in [0.5, 0.6) is 0 Å². The maximum absolute atomic E-state index is 12.6. The van der Waals surface area contributed by atoms with Gasteiger partial charge < -0.3 is 10.1 Å². The van der Waals surface area contributed by atoms with Gasteiger partial charge in [0.1, 0.15) is 0 Å². The van der Waals surface area contributed by atoms with Crippen LogP contribution in [0.2, 0.25) is 0 Å². The molecule has 35 heavy (non-hydrogen) atoms. The van der Waals surface area contributed by atoms with Gasteiger partial charge in [0.15, 0.2) is 0 Å². The number of hydrogen-bond donors (Lipinski definition) is 1. The Kier molecular flexibility index (Phi) is 6.79. The first-order valence-corrected chi connectivity index (χ1v) is 13.3. The lowest BCUT2D eigenvalue weighted by molar-refractivity contribution is -0.387. The number of nitro benzene ring substituents is 1. The zero-order valence-electron chi connectivity index (χ0n) is 18.7. The van der Waals surface area contributed by atoms with Crippen molar-refractivity contribution < 1.29 is 14.5 Å². The Morgan fingerprint density at radius 3 is 2.60 bits per heavy atom. The molecule has 1 aliphatic carbocycles. The van der Waals surface area contributed by atoms with Crippen LogP contribution >= 0.6 is 39.3 Å². The van der Waals surface area contributed by atoms with E-state index in [0.717, 1.165) is 27.7 Å². The summed E-state index contributed by atoms with van der Waals surface area (Å²) in [6.45, 7) is 0. The highest BCUT2D eigenvalue weighted by molar-refractivity contribution is 9.10. The molecule has 3 aromatic rings. The number of thioether (sulfide) groups is 1. The van der Waals surface area contributed by atoms with Gasteiger partial charge in [0.25, 0.3) is 5.69 Å². The van der Waals surface area contributed by atoms with Gasteiger partial charge in [-0.2, -0.15) is 0 Å².